The molecule has 4 rings (SSSR count). The molecule has 1 amide bonds. The summed E-state index contributed by atoms with van der Waals surface area (Å²) < 4.78 is 7.93. The van der Waals surface area contributed by atoms with Gasteiger partial charge in [-0.25, -0.2) is 9.20 Å². The van der Waals surface area contributed by atoms with Crippen molar-refractivity contribution in [3.8, 4) is 17.0 Å². The van der Waals surface area contributed by atoms with Crippen LogP contribution in [0.5, 0.6) is 5.75 Å². The van der Waals surface area contributed by atoms with Gasteiger partial charge in [-0.1, -0.05) is 6.92 Å². The first-order valence-electron chi connectivity index (χ1n) is 11.6. The fraction of sp³-hybridized carbons (Fsp3) is 0.500. The zero-order valence-electron chi connectivity index (χ0n) is 19.6. The summed E-state index contributed by atoms with van der Waals surface area (Å²) in [4.78, 5) is 27.9. The van der Waals surface area contributed by atoms with Gasteiger partial charge in [-0.2, -0.15) is 10.2 Å². The third-order valence-corrected chi connectivity index (χ3v) is 6.13. The number of carbonyl (C=O) groups excluding carboxylic acids is 1. The van der Waals surface area contributed by atoms with Crippen molar-refractivity contribution in [1.29, 1.82) is 0 Å². The molecular weight excluding hydrogens is 420 g/mol. The number of hydrogen-bond acceptors (Lipinski definition) is 6. The number of amides is 1. The zero-order chi connectivity index (χ0) is 23.4. The van der Waals surface area contributed by atoms with E-state index in [1.54, 1.807) is 20.1 Å². The van der Waals surface area contributed by atoms with Crippen LogP contribution in [0.2, 0.25) is 0 Å². The van der Waals surface area contributed by atoms with Gasteiger partial charge < -0.3 is 15.0 Å². The number of aromatic nitrogens is 4. The summed E-state index contributed by atoms with van der Waals surface area (Å²) in [7, 11) is 1.61. The number of likely N-dealkylation sites (tertiary alicyclic amines) is 1. The summed E-state index contributed by atoms with van der Waals surface area (Å²) in [5.74, 6) is 1.82. The molecule has 176 valence electrons. The molecule has 1 aromatic carbocycles. The molecule has 1 fully saturated rings. The fourth-order valence-corrected chi connectivity index (χ4v) is 4.40. The predicted molar refractivity (Wildman–Crippen MR) is 126 cm³/mol. The molecule has 1 N–H and O–H groups in total. The lowest BCUT2D eigenvalue weighted by atomic mass is 10.0. The smallest absolute Gasteiger partial charge is 0.293 e. The van der Waals surface area contributed by atoms with Crippen LogP contribution in [0.15, 0.2) is 35.1 Å². The summed E-state index contributed by atoms with van der Waals surface area (Å²) in [6, 6.07) is 9.20. The summed E-state index contributed by atoms with van der Waals surface area (Å²) in [6.45, 7) is 7.80. The highest BCUT2D eigenvalue weighted by Crippen LogP contribution is 2.22. The van der Waals surface area contributed by atoms with E-state index in [1.165, 1.54) is 22.0 Å². The number of aryl methyl sites for hydroxylation is 1. The second-order valence-corrected chi connectivity index (χ2v) is 8.82. The van der Waals surface area contributed by atoms with Crippen LogP contribution in [0.4, 0.5) is 0 Å². The summed E-state index contributed by atoms with van der Waals surface area (Å²) >= 11 is 0. The highest BCUT2D eigenvalue weighted by molar-refractivity contribution is 5.75. The third-order valence-electron chi connectivity index (χ3n) is 6.13. The zero-order valence-corrected chi connectivity index (χ0v) is 19.6. The number of rotatable bonds is 8. The Morgan fingerprint density at radius 3 is 2.76 bits per heavy atom. The maximum Gasteiger partial charge on any atom is 0.293 e. The number of carbonyl (C=O) groups is 1. The highest BCUT2D eigenvalue weighted by Gasteiger charge is 2.17. The van der Waals surface area contributed by atoms with Crippen LogP contribution in [-0.4, -0.2) is 63.5 Å². The number of nitrogens with zero attached hydrogens (tertiary/aromatic N) is 5. The Kier molecular flexibility index (Phi) is 7.08. The first-order chi connectivity index (χ1) is 15.9. The number of piperidine rings is 1. The monoisotopic (exact) mass is 452 g/mol. The van der Waals surface area contributed by atoms with Crippen LogP contribution in [0.3, 0.4) is 0 Å². The van der Waals surface area contributed by atoms with Gasteiger partial charge in [0, 0.05) is 18.7 Å². The molecule has 0 aliphatic carbocycles. The Morgan fingerprint density at radius 1 is 1.24 bits per heavy atom. The topological polar surface area (TPSA) is 93.8 Å². The van der Waals surface area contributed by atoms with E-state index in [2.05, 4.69) is 27.3 Å². The molecule has 1 saturated heterocycles. The predicted octanol–water partition coefficient (Wildman–Crippen LogP) is 2.11. The minimum Gasteiger partial charge on any atom is -0.497 e. The lowest BCUT2D eigenvalue weighted by Crippen LogP contribution is -2.38. The Morgan fingerprint density at radius 2 is 2.03 bits per heavy atom. The van der Waals surface area contributed by atoms with Crippen LogP contribution >= 0.6 is 0 Å². The van der Waals surface area contributed by atoms with Crippen molar-refractivity contribution >= 4 is 11.4 Å². The molecular formula is C24H32N6O3. The molecule has 0 bridgehead atoms. The lowest BCUT2D eigenvalue weighted by Gasteiger charge is -2.30. The van der Waals surface area contributed by atoms with Crippen molar-refractivity contribution in [2.24, 2.45) is 5.92 Å². The number of ether oxygens (including phenoxy) is 1. The van der Waals surface area contributed by atoms with Gasteiger partial charge in [-0.3, -0.25) is 9.59 Å². The molecule has 0 radical (unpaired) electrons. The Bertz CT molecular complexity index is 1170. The summed E-state index contributed by atoms with van der Waals surface area (Å²) in [5, 5.41) is 11.7. The molecule has 1 unspecified atom stereocenters. The second kappa shape index (κ2) is 10.2. The van der Waals surface area contributed by atoms with Crippen LogP contribution in [0, 0.1) is 12.8 Å². The fourth-order valence-electron chi connectivity index (χ4n) is 4.40. The minimum atomic E-state index is -0.342. The van der Waals surface area contributed by atoms with Crippen molar-refractivity contribution < 1.29 is 9.53 Å². The molecule has 33 heavy (non-hydrogen) atoms. The van der Waals surface area contributed by atoms with Crippen LogP contribution < -0.4 is 15.6 Å². The van der Waals surface area contributed by atoms with E-state index in [9.17, 15) is 9.59 Å². The van der Waals surface area contributed by atoms with Crippen molar-refractivity contribution in [2.75, 3.05) is 33.3 Å². The molecule has 1 aliphatic rings. The van der Waals surface area contributed by atoms with E-state index in [4.69, 9.17) is 4.74 Å². The van der Waals surface area contributed by atoms with E-state index < -0.39 is 0 Å². The molecule has 9 heteroatoms. The lowest BCUT2D eigenvalue weighted by molar-refractivity contribution is -0.121. The molecule has 2 aromatic heterocycles. The van der Waals surface area contributed by atoms with Crippen molar-refractivity contribution in [3.63, 3.8) is 0 Å². The molecule has 3 aromatic rings. The van der Waals surface area contributed by atoms with Crippen LogP contribution in [-0.2, 0) is 11.3 Å². The molecule has 3 heterocycles. The molecule has 9 nitrogen and oxygen atoms in total. The van der Waals surface area contributed by atoms with E-state index in [0.717, 1.165) is 43.3 Å². The van der Waals surface area contributed by atoms with Gasteiger partial charge in [-0.15, -0.1) is 0 Å². The Hall–Kier alpha value is -3.20. The minimum absolute atomic E-state index is 0.111. The van der Waals surface area contributed by atoms with E-state index >= 15 is 0 Å². The third kappa shape index (κ3) is 5.42. The summed E-state index contributed by atoms with van der Waals surface area (Å²) in [6.07, 6.45) is 3.45. The number of benzene rings is 1. The van der Waals surface area contributed by atoms with Gasteiger partial charge in [-0.05, 0) is 75.5 Å². The normalized spacial score (nSPS) is 16.8. The largest absolute Gasteiger partial charge is 0.497 e. The SMILES string of the molecule is COc1ccc(-c2cc3c(=O)n(CC(=O)NCCCN4CCCC(C)C4)nc(C)n3n2)cc1. The van der Waals surface area contributed by atoms with Gasteiger partial charge in [0.15, 0.2) is 0 Å². The van der Waals surface area contributed by atoms with Gasteiger partial charge in [0.25, 0.3) is 5.56 Å². The molecule has 0 spiro atoms. The maximum absolute atomic E-state index is 13.0. The van der Waals surface area contributed by atoms with Crippen molar-refractivity contribution in [3.05, 3.63) is 46.5 Å². The van der Waals surface area contributed by atoms with Crippen LogP contribution in [0.1, 0.15) is 32.0 Å². The highest BCUT2D eigenvalue weighted by atomic mass is 16.5. The van der Waals surface area contributed by atoms with Crippen molar-refractivity contribution in [2.45, 2.75) is 39.7 Å². The number of nitrogens with one attached hydrogen (secondary N) is 1. The molecule has 1 atom stereocenters. The van der Waals surface area contributed by atoms with E-state index in [1.807, 2.05) is 24.3 Å². The van der Waals surface area contributed by atoms with Gasteiger partial charge in [0.2, 0.25) is 5.91 Å². The van der Waals surface area contributed by atoms with Gasteiger partial charge in [0.1, 0.15) is 23.6 Å². The van der Waals surface area contributed by atoms with E-state index in [-0.39, 0.29) is 18.0 Å². The average molecular weight is 453 g/mol. The quantitative estimate of drug-likeness (QED) is 0.526. The Balaban J connectivity index is 1.39. The van der Waals surface area contributed by atoms with Gasteiger partial charge in [0.05, 0.1) is 12.8 Å². The number of hydrogen-bond donors (Lipinski definition) is 1. The second-order valence-electron chi connectivity index (χ2n) is 8.82. The molecule has 0 saturated carbocycles. The average Bonchev–Trinajstić information content (AvgIpc) is 3.27. The van der Waals surface area contributed by atoms with Crippen molar-refractivity contribution in [1.82, 2.24) is 29.6 Å². The standard InChI is InChI=1S/C24H32N6O3/c1-17-6-4-12-28(15-17)13-5-11-25-23(31)16-29-24(32)22-14-21(27-30(22)18(2)26-29)19-7-9-20(33-3)10-8-19/h7-10,14,17H,4-6,11-13,15-16H2,1-3H3,(H,25,31). The number of methoxy groups -OCH3 is 1. The number of fused-ring (bicyclic) bond motifs is 1. The van der Waals surface area contributed by atoms with Gasteiger partial charge >= 0.3 is 0 Å². The van der Waals surface area contributed by atoms with Crippen LogP contribution in [0.25, 0.3) is 16.8 Å². The summed E-state index contributed by atoms with van der Waals surface area (Å²) in [5.41, 5.74) is 1.57. The first-order valence-corrected chi connectivity index (χ1v) is 11.6. The Labute approximate surface area is 193 Å². The maximum atomic E-state index is 13.0. The first kappa shape index (κ1) is 23.0. The van der Waals surface area contributed by atoms with E-state index in [0.29, 0.717) is 23.6 Å². The molecule has 1 aliphatic heterocycles.